The van der Waals surface area contributed by atoms with Gasteiger partial charge < -0.3 is 32.3 Å². The van der Waals surface area contributed by atoms with E-state index in [4.69, 9.17) is 36.3 Å². The highest BCUT2D eigenvalue weighted by Crippen LogP contribution is 2.61. The first-order valence-corrected chi connectivity index (χ1v) is 15.6. The fourth-order valence-corrected chi connectivity index (χ4v) is 6.76. The number of nitrogens with zero attached hydrogens (tertiary/aromatic N) is 3. The van der Waals surface area contributed by atoms with Crippen LogP contribution in [-0.4, -0.2) is 75.0 Å². The van der Waals surface area contributed by atoms with Gasteiger partial charge in [-0.15, -0.1) is 0 Å². The minimum atomic E-state index is -5.08. The summed E-state index contributed by atoms with van der Waals surface area (Å²) < 4.78 is 63.5. The summed E-state index contributed by atoms with van der Waals surface area (Å²) in [6.07, 6.45) is -2.35. The van der Waals surface area contributed by atoms with Crippen LogP contribution in [0.2, 0.25) is 0 Å². The number of aliphatic imine (C=N–C) groups is 1. The fourth-order valence-electron chi connectivity index (χ4n) is 6.76. The summed E-state index contributed by atoms with van der Waals surface area (Å²) in [4.78, 5) is 44.8. The molecule has 2 bridgehead atoms. The topological polar surface area (TPSA) is 206 Å². The van der Waals surface area contributed by atoms with Gasteiger partial charge in [-0.05, 0) is 74.3 Å². The molecular formula is C31H41F6N7O5. The summed E-state index contributed by atoms with van der Waals surface area (Å²) in [5, 5.41) is 21.9. The van der Waals surface area contributed by atoms with Gasteiger partial charge in [0.05, 0.1) is 17.6 Å². The summed E-state index contributed by atoms with van der Waals surface area (Å²) >= 11 is 0. The Hall–Kier alpha value is -4.38. The number of rotatable bonds is 6. The molecule has 1 aromatic carbocycles. The molecule has 12 nitrogen and oxygen atoms in total. The molecule has 0 spiro atoms. The molecule has 1 amide bonds. The van der Waals surface area contributed by atoms with E-state index in [1.54, 1.807) is 0 Å². The minimum absolute atomic E-state index is 0.0122. The number of nitrogens with two attached hydrogens (primary N) is 2. The number of carbonyl (C=O) groups excluding carboxylic acids is 1. The molecule has 2 aromatic rings. The van der Waals surface area contributed by atoms with Crippen molar-refractivity contribution in [2.24, 2.45) is 39.6 Å². The van der Waals surface area contributed by atoms with E-state index in [9.17, 15) is 31.1 Å². The van der Waals surface area contributed by atoms with Crippen LogP contribution >= 0.6 is 0 Å². The highest BCUT2D eigenvalue weighted by molar-refractivity contribution is 5.96. The number of aliphatic carboxylic acids is 2. The molecule has 0 saturated heterocycles. The number of alkyl halides is 6. The van der Waals surface area contributed by atoms with E-state index in [2.05, 4.69) is 40.5 Å². The third-order valence-electron chi connectivity index (χ3n) is 9.43. The zero-order valence-electron chi connectivity index (χ0n) is 27.2. The predicted octanol–water partition coefficient (Wildman–Crippen LogP) is 5.00. The van der Waals surface area contributed by atoms with Gasteiger partial charge in [0.15, 0.2) is 5.96 Å². The Morgan fingerprint density at radius 2 is 1.55 bits per heavy atom. The number of fused-ring (bicyclic) bond motifs is 3. The molecule has 0 aliphatic heterocycles. The van der Waals surface area contributed by atoms with Crippen molar-refractivity contribution in [2.75, 3.05) is 11.9 Å². The van der Waals surface area contributed by atoms with E-state index in [-0.39, 0.29) is 29.8 Å². The van der Waals surface area contributed by atoms with Gasteiger partial charge in [-0.3, -0.25) is 4.79 Å². The van der Waals surface area contributed by atoms with Crippen LogP contribution in [0.1, 0.15) is 75.0 Å². The van der Waals surface area contributed by atoms with Crippen molar-refractivity contribution < 1.29 is 50.9 Å². The summed E-state index contributed by atoms with van der Waals surface area (Å²) in [5.41, 5.74) is 13.7. The zero-order chi connectivity index (χ0) is 36.9. The lowest BCUT2D eigenvalue weighted by Gasteiger charge is -2.60. The van der Waals surface area contributed by atoms with E-state index in [1.165, 1.54) is 19.3 Å². The second-order valence-corrected chi connectivity index (χ2v) is 13.1. The second-order valence-electron chi connectivity index (χ2n) is 13.1. The number of amides is 1. The molecule has 8 N–H and O–H groups in total. The van der Waals surface area contributed by atoms with Crippen LogP contribution < -0.4 is 22.1 Å². The molecule has 18 heteroatoms. The minimum Gasteiger partial charge on any atom is -0.475 e. The number of aryl methyl sites for hydroxylation is 1. The SMILES string of the molecule is Cc1ccc2nc(C(=O)NCC3CCC4CC3C4(C)C)nc(NC3CCCCC3N=C(N)N)c2c1.O=C(O)C(F)(F)F.O=C(O)C(F)(F)F. The highest BCUT2D eigenvalue weighted by atomic mass is 19.4. The zero-order valence-corrected chi connectivity index (χ0v) is 27.2. The van der Waals surface area contributed by atoms with Crippen molar-refractivity contribution in [1.29, 1.82) is 0 Å². The third-order valence-corrected chi connectivity index (χ3v) is 9.43. The van der Waals surface area contributed by atoms with Gasteiger partial charge in [0.1, 0.15) is 5.82 Å². The number of hydrogen-bond acceptors (Lipinski definition) is 7. The van der Waals surface area contributed by atoms with Gasteiger partial charge in [0, 0.05) is 11.9 Å². The first-order chi connectivity index (χ1) is 22.6. The number of benzene rings is 1. The smallest absolute Gasteiger partial charge is 0.475 e. The fraction of sp³-hybridized carbons (Fsp3) is 0.613. The van der Waals surface area contributed by atoms with E-state index in [1.807, 2.05) is 19.1 Å². The van der Waals surface area contributed by atoms with Crippen LogP contribution in [0, 0.1) is 30.1 Å². The van der Waals surface area contributed by atoms with Crippen molar-refractivity contribution in [3.63, 3.8) is 0 Å². The molecule has 4 saturated carbocycles. The Labute approximate surface area is 278 Å². The molecule has 1 aromatic heterocycles. The van der Waals surface area contributed by atoms with Crippen LogP contribution in [0.5, 0.6) is 0 Å². The molecule has 4 aliphatic carbocycles. The lowest BCUT2D eigenvalue weighted by molar-refractivity contribution is -0.193. The largest absolute Gasteiger partial charge is 0.490 e. The molecule has 5 unspecified atom stereocenters. The quantitative estimate of drug-likeness (QED) is 0.135. The van der Waals surface area contributed by atoms with Crippen molar-refractivity contribution in [3.05, 3.63) is 29.6 Å². The summed E-state index contributed by atoms with van der Waals surface area (Å²) in [6, 6.07) is 6.08. The average molecular weight is 706 g/mol. The lowest BCUT2D eigenvalue weighted by Crippen LogP contribution is -2.54. The summed E-state index contributed by atoms with van der Waals surface area (Å²) in [5.74, 6) is -2.66. The van der Waals surface area contributed by atoms with Gasteiger partial charge in [0.25, 0.3) is 5.91 Å². The van der Waals surface area contributed by atoms with E-state index in [0.29, 0.717) is 29.6 Å². The number of aromatic nitrogens is 2. The molecule has 49 heavy (non-hydrogen) atoms. The number of anilines is 1. The van der Waals surface area contributed by atoms with Crippen molar-refractivity contribution in [1.82, 2.24) is 15.3 Å². The maximum atomic E-state index is 13.2. The molecular weight excluding hydrogens is 664 g/mol. The van der Waals surface area contributed by atoms with Gasteiger partial charge in [-0.25, -0.2) is 24.5 Å². The Kier molecular flexibility index (Phi) is 12.3. The van der Waals surface area contributed by atoms with E-state index in [0.717, 1.165) is 48.1 Å². The normalized spacial score (nSPS) is 24.1. The van der Waals surface area contributed by atoms with Crippen molar-refractivity contribution in [3.8, 4) is 0 Å². The number of hydrogen-bond donors (Lipinski definition) is 6. The third kappa shape index (κ3) is 10.3. The summed E-state index contributed by atoms with van der Waals surface area (Å²) in [7, 11) is 0. The Morgan fingerprint density at radius 1 is 0.959 bits per heavy atom. The Balaban J connectivity index is 0.000000392. The van der Waals surface area contributed by atoms with Gasteiger partial charge in [0.2, 0.25) is 5.82 Å². The van der Waals surface area contributed by atoms with Crippen LogP contribution in [0.4, 0.5) is 32.2 Å². The first-order valence-electron chi connectivity index (χ1n) is 15.6. The predicted molar refractivity (Wildman–Crippen MR) is 168 cm³/mol. The summed E-state index contributed by atoms with van der Waals surface area (Å²) in [6.45, 7) is 7.50. The van der Waals surface area contributed by atoms with Crippen LogP contribution in [-0.2, 0) is 9.59 Å². The van der Waals surface area contributed by atoms with Gasteiger partial charge in [-0.1, -0.05) is 38.3 Å². The second kappa shape index (κ2) is 15.4. The van der Waals surface area contributed by atoms with Crippen LogP contribution in [0.15, 0.2) is 23.2 Å². The lowest BCUT2D eigenvalue weighted by atomic mass is 9.45. The maximum Gasteiger partial charge on any atom is 0.490 e. The van der Waals surface area contributed by atoms with Crippen molar-refractivity contribution >= 4 is 40.5 Å². The number of carbonyl (C=O) groups is 3. The molecule has 1 heterocycles. The molecule has 4 fully saturated rings. The first kappa shape index (κ1) is 39.1. The maximum absolute atomic E-state index is 13.2. The van der Waals surface area contributed by atoms with E-state index < -0.39 is 24.3 Å². The number of halogens is 6. The number of carboxylic acids is 2. The standard InChI is InChI=1S/C27H39N7O.2C2HF3O2/c1-15-8-11-20-18(12-15)23(32-21-6-4-5-7-22(21)33-26(28)29)34-24(31-20)25(35)30-14-16-9-10-17-13-19(16)27(17,2)3;2*3-2(4,5)1(6)7/h8,11-12,16-17,19,21-22H,4-7,9-10,13-14H2,1-3H3,(H,30,35)(H4,28,29,33)(H,31,32,34);2*(H,6,7). The van der Waals surface area contributed by atoms with Crippen molar-refractivity contribution in [2.45, 2.75) is 90.2 Å². The number of nitrogens with one attached hydrogen (secondary N) is 2. The number of carboxylic acid groups (broad SMARTS) is 2. The molecule has 272 valence electrons. The number of guanidine groups is 1. The molecule has 4 aliphatic rings. The van der Waals surface area contributed by atoms with Crippen LogP contribution in [0.25, 0.3) is 10.9 Å². The Morgan fingerprint density at radius 3 is 2.08 bits per heavy atom. The molecule has 5 atom stereocenters. The molecule has 6 rings (SSSR count). The molecule has 0 radical (unpaired) electrons. The Bertz CT molecular complexity index is 1520. The van der Waals surface area contributed by atoms with Gasteiger partial charge >= 0.3 is 24.3 Å². The highest BCUT2D eigenvalue weighted by Gasteiger charge is 2.54. The van der Waals surface area contributed by atoms with Crippen LogP contribution in [0.3, 0.4) is 0 Å². The monoisotopic (exact) mass is 705 g/mol. The van der Waals surface area contributed by atoms with Gasteiger partial charge in [-0.2, -0.15) is 26.3 Å². The van der Waals surface area contributed by atoms with E-state index >= 15 is 0 Å². The average Bonchev–Trinajstić information content (AvgIpc) is 3.00.